The average molecular weight is 548 g/mol. The molecule has 1 aromatic heterocycles. The van der Waals surface area contributed by atoms with Gasteiger partial charge in [-0.3, -0.25) is 4.99 Å². The van der Waals surface area contributed by atoms with Crippen LogP contribution in [0.4, 0.5) is 19.0 Å². The summed E-state index contributed by atoms with van der Waals surface area (Å²) in [5, 5.41) is 6.62. The number of ether oxygens (including phenoxy) is 1. The van der Waals surface area contributed by atoms with Gasteiger partial charge in [-0.2, -0.15) is 13.2 Å². The van der Waals surface area contributed by atoms with Crippen LogP contribution in [0.5, 0.6) is 0 Å². The van der Waals surface area contributed by atoms with E-state index in [2.05, 4.69) is 20.6 Å². The lowest BCUT2D eigenvalue weighted by atomic mass is 10.2. The van der Waals surface area contributed by atoms with E-state index in [1.54, 1.807) is 0 Å². The molecule has 2 saturated heterocycles. The molecule has 0 bridgehead atoms. The van der Waals surface area contributed by atoms with Crippen molar-refractivity contribution in [3.05, 3.63) is 22.8 Å². The van der Waals surface area contributed by atoms with Gasteiger partial charge in [-0.1, -0.05) is 11.6 Å². The monoisotopic (exact) mass is 547 g/mol. The quantitative estimate of drug-likeness (QED) is 0.335. The molecule has 2 atom stereocenters. The molecule has 3 rings (SSSR count). The number of alkyl halides is 3. The first-order valence-electron chi connectivity index (χ1n) is 9.51. The SMILES string of the molecule is CCNC(=NCC1CCCO1)NC1CCN(c2ncc(C(F)(F)F)cc2Cl)C1.I. The van der Waals surface area contributed by atoms with Crippen molar-refractivity contribution in [1.82, 2.24) is 15.6 Å². The van der Waals surface area contributed by atoms with E-state index in [0.717, 1.165) is 50.6 Å². The first-order valence-corrected chi connectivity index (χ1v) is 9.88. The first-order chi connectivity index (χ1) is 13.4. The number of aromatic nitrogens is 1. The minimum Gasteiger partial charge on any atom is -0.376 e. The molecule has 11 heteroatoms. The molecule has 2 N–H and O–H groups in total. The van der Waals surface area contributed by atoms with Crippen LogP contribution in [0.2, 0.25) is 5.02 Å². The number of guanidine groups is 1. The second-order valence-corrected chi connectivity index (χ2v) is 7.36. The van der Waals surface area contributed by atoms with Crippen LogP contribution in [0.25, 0.3) is 0 Å². The maximum Gasteiger partial charge on any atom is 0.417 e. The normalized spacial score (nSPS) is 22.5. The molecule has 0 amide bonds. The predicted molar refractivity (Wildman–Crippen MR) is 118 cm³/mol. The Hall–Kier alpha value is -1.01. The molecule has 6 nitrogen and oxygen atoms in total. The predicted octanol–water partition coefficient (Wildman–Crippen LogP) is 3.68. The molecule has 0 saturated carbocycles. The Morgan fingerprint density at radius 1 is 1.41 bits per heavy atom. The number of pyridine rings is 1. The van der Waals surface area contributed by atoms with Gasteiger partial charge in [0.1, 0.15) is 5.82 Å². The van der Waals surface area contributed by atoms with Gasteiger partial charge in [0, 0.05) is 38.5 Å². The number of aliphatic imine (C=N–C) groups is 1. The van der Waals surface area contributed by atoms with Crippen molar-refractivity contribution in [2.45, 2.75) is 44.5 Å². The number of rotatable bonds is 5. The van der Waals surface area contributed by atoms with Gasteiger partial charge < -0.3 is 20.3 Å². The average Bonchev–Trinajstić information content (AvgIpc) is 3.31. The van der Waals surface area contributed by atoms with E-state index in [1.165, 1.54) is 0 Å². The Labute approximate surface area is 190 Å². The van der Waals surface area contributed by atoms with Crippen LogP contribution < -0.4 is 15.5 Å². The molecule has 1 aromatic rings. The fourth-order valence-corrected chi connectivity index (χ4v) is 3.67. The number of halogens is 5. The topological polar surface area (TPSA) is 61.8 Å². The third-order valence-electron chi connectivity index (χ3n) is 4.80. The molecule has 2 aliphatic heterocycles. The summed E-state index contributed by atoms with van der Waals surface area (Å²) in [7, 11) is 0. The number of hydrogen-bond acceptors (Lipinski definition) is 4. The van der Waals surface area contributed by atoms with Crippen LogP contribution in [0.1, 0.15) is 31.7 Å². The lowest BCUT2D eigenvalue weighted by Crippen LogP contribution is -2.45. The van der Waals surface area contributed by atoms with Crippen LogP contribution in [-0.4, -0.2) is 55.9 Å². The highest BCUT2D eigenvalue weighted by molar-refractivity contribution is 14.0. The largest absolute Gasteiger partial charge is 0.417 e. The summed E-state index contributed by atoms with van der Waals surface area (Å²) in [5.41, 5.74) is -0.842. The lowest BCUT2D eigenvalue weighted by Gasteiger charge is -2.21. The van der Waals surface area contributed by atoms with Gasteiger partial charge in [0.05, 0.1) is 23.2 Å². The zero-order chi connectivity index (χ0) is 20.1. The summed E-state index contributed by atoms with van der Waals surface area (Å²) in [6, 6.07) is 1.03. The molecule has 2 unspecified atom stereocenters. The second-order valence-electron chi connectivity index (χ2n) is 6.96. The van der Waals surface area contributed by atoms with Crippen LogP contribution in [0.3, 0.4) is 0 Å². The summed E-state index contributed by atoms with van der Waals surface area (Å²) in [4.78, 5) is 10.4. The van der Waals surface area contributed by atoms with Crippen molar-refractivity contribution in [3.63, 3.8) is 0 Å². The summed E-state index contributed by atoms with van der Waals surface area (Å²) in [6.45, 7) is 5.38. The number of anilines is 1. The molecule has 2 aliphatic rings. The minimum atomic E-state index is -4.45. The summed E-state index contributed by atoms with van der Waals surface area (Å²) in [5.74, 6) is 1.09. The van der Waals surface area contributed by atoms with E-state index in [4.69, 9.17) is 16.3 Å². The van der Waals surface area contributed by atoms with E-state index in [0.29, 0.717) is 25.5 Å². The van der Waals surface area contributed by atoms with Gasteiger partial charge in [-0.05, 0) is 32.3 Å². The minimum absolute atomic E-state index is 0. The third kappa shape index (κ3) is 6.74. The Morgan fingerprint density at radius 2 is 2.21 bits per heavy atom. The molecular weight excluding hydrogens is 522 g/mol. The van der Waals surface area contributed by atoms with Crippen molar-refractivity contribution in [1.29, 1.82) is 0 Å². The van der Waals surface area contributed by atoms with Crippen molar-refractivity contribution in [3.8, 4) is 0 Å². The summed E-state index contributed by atoms with van der Waals surface area (Å²) in [6.07, 6.45) is -0.547. The Balaban J connectivity index is 0.00000300. The highest BCUT2D eigenvalue weighted by Gasteiger charge is 2.33. The molecule has 0 radical (unpaired) electrons. The number of nitrogens with one attached hydrogen (secondary N) is 2. The van der Waals surface area contributed by atoms with Crippen LogP contribution in [0, 0.1) is 0 Å². The standard InChI is InChI=1S/C18H25ClF3N5O.HI/c1-2-23-17(25-10-14-4-3-7-28-14)26-13-5-6-27(11-13)16-15(19)8-12(9-24-16)18(20,21)22;/h8-9,13-14H,2-7,10-11H2,1H3,(H2,23,25,26);1H. The van der Waals surface area contributed by atoms with E-state index >= 15 is 0 Å². The Morgan fingerprint density at radius 3 is 2.83 bits per heavy atom. The molecule has 0 aliphatic carbocycles. The first kappa shape index (κ1) is 24.3. The van der Waals surface area contributed by atoms with Crippen LogP contribution in [0.15, 0.2) is 17.3 Å². The highest BCUT2D eigenvalue weighted by Crippen LogP contribution is 2.34. The van der Waals surface area contributed by atoms with Crippen molar-refractivity contribution < 1.29 is 17.9 Å². The van der Waals surface area contributed by atoms with Crippen molar-refractivity contribution in [2.24, 2.45) is 4.99 Å². The third-order valence-corrected chi connectivity index (χ3v) is 5.08. The lowest BCUT2D eigenvalue weighted by molar-refractivity contribution is -0.137. The van der Waals surface area contributed by atoms with Crippen LogP contribution >= 0.6 is 35.6 Å². The van der Waals surface area contributed by atoms with E-state index < -0.39 is 11.7 Å². The van der Waals surface area contributed by atoms with E-state index in [9.17, 15) is 13.2 Å². The maximum atomic E-state index is 12.8. The van der Waals surface area contributed by atoms with Gasteiger partial charge in [0.25, 0.3) is 0 Å². The molecule has 3 heterocycles. The number of hydrogen-bond donors (Lipinski definition) is 2. The van der Waals surface area contributed by atoms with E-state index in [1.807, 2.05) is 11.8 Å². The van der Waals surface area contributed by atoms with Gasteiger partial charge in [-0.15, -0.1) is 24.0 Å². The molecule has 0 spiro atoms. The summed E-state index contributed by atoms with van der Waals surface area (Å²) < 4.78 is 44.0. The summed E-state index contributed by atoms with van der Waals surface area (Å²) >= 11 is 6.07. The highest BCUT2D eigenvalue weighted by atomic mass is 127. The van der Waals surface area contributed by atoms with Gasteiger partial charge in [0.2, 0.25) is 0 Å². The zero-order valence-electron chi connectivity index (χ0n) is 16.1. The van der Waals surface area contributed by atoms with Crippen LogP contribution in [-0.2, 0) is 10.9 Å². The smallest absolute Gasteiger partial charge is 0.376 e. The molecule has 29 heavy (non-hydrogen) atoms. The zero-order valence-corrected chi connectivity index (χ0v) is 19.2. The van der Waals surface area contributed by atoms with Crippen molar-refractivity contribution >= 4 is 47.4 Å². The van der Waals surface area contributed by atoms with Gasteiger partial charge in [-0.25, -0.2) is 4.98 Å². The Kier molecular flexibility index (Phi) is 9.08. The van der Waals surface area contributed by atoms with Gasteiger partial charge >= 0.3 is 6.18 Å². The van der Waals surface area contributed by atoms with E-state index in [-0.39, 0.29) is 41.1 Å². The fraction of sp³-hybridized carbons (Fsp3) is 0.667. The van der Waals surface area contributed by atoms with Gasteiger partial charge in [0.15, 0.2) is 5.96 Å². The molecule has 2 fully saturated rings. The number of nitrogens with zero attached hydrogens (tertiary/aromatic N) is 3. The maximum absolute atomic E-state index is 12.8. The second kappa shape index (κ2) is 10.9. The Bertz CT molecular complexity index is 701. The molecule has 164 valence electrons. The molecular formula is C18H26ClF3IN5O. The molecule has 0 aromatic carbocycles. The van der Waals surface area contributed by atoms with Crippen molar-refractivity contribution in [2.75, 3.05) is 37.7 Å². The fourth-order valence-electron chi connectivity index (χ4n) is 3.38.